The Labute approximate surface area is 109 Å². The van der Waals surface area contributed by atoms with Gasteiger partial charge in [0.05, 0.1) is 0 Å². The summed E-state index contributed by atoms with van der Waals surface area (Å²) in [6.07, 6.45) is 5.41. The van der Waals surface area contributed by atoms with E-state index in [1.165, 1.54) is 31.2 Å². The molecular weight excluding hydrogens is 232 g/mol. The van der Waals surface area contributed by atoms with Gasteiger partial charge in [0.2, 0.25) is 0 Å². The molecule has 0 spiro atoms. The van der Waals surface area contributed by atoms with Crippen LogP contribution in [0.3, 0.4) is 0 Å². The second kappa shape index (κ2) is 5.74. The van der Waals surface area contributed by atoms with E-state index in [4.69, 9.17) is 17.3 Å². The van der Waals surface area contributed by atoms with Crippen LogP contribution in [0.15, 0.2) is 18.2 Å². The zero-order valence-electron chi connectivity index (χ0n) is 10.5. The fourth-order valence-electron chi connectivity index (χ4n) is 2.70. The third-order valence-corrected chi connectivity index (χ3v) is 3.96. The molecule has 0 aliphatic heterocycles. The lowest BCUT2D eigenvalue weighted by atomic mass is 10.1. The maximum Gasteiger partial charge on any atom is 0.0426 e. The van der Waals surface area contributed by atoms with Crippen LogP contribution in [0.2, 0.25) is 5.02 Å². The van der Waals surface area contributed by atoms with Crippen molar-refractivity contribution in [3.8, 4) is 0 Å². The minimum absolute atomic E-state index is 0.718. The third kappa shape index (κ3) is 3.14. The van der Waals surface area contributed by atoms with Gasteiger partial charge in [-0.05, 0) is 37.1 Å². The summed E-state index contributed by atoms with van der Waals surface area (Å²) in [4.78, 5) is 2.53. The quantitative estimate of drug-likeness (QED) is 0.829. The summed E-state index contributed by atoms with van der Waals surface area (Å²) in [6, 6.07) is 6.57. The van der Waals surface area contributed by atoms with Gasteiger partial charge in [-0.25, -0.2) is 0 Å². The van der Waals surface area contributed by atoms with Gasteiger partial charge in [0, 0.05) is 23.3 Å². The lowest BCUT2D eigenvalue weighted by molar-refractivity contribution is 0.200. The van der Waals surface area contributed by atoms with Crippen molar-refractivity contribution < 1.29 is 0 Å². The SMILES string of the molecule is CCN(Cc1ccc(Cl)cc1N)C1CCCC1. The van der Waals surface area contributed by atoms with E-state index < -0.39 is 0 Å². The number of halogens is 1. The molecule has 1 saturated carbocycles. The van der Waals surface area contributed by atoms with Gasteiger partial charge in [-0.15, -0.1) is 0 Å². The van der Waals surface area contributed by atoms with E-state index in [0.29, 0.717) is 0 Å². The minimum Gasteiger partial charge on any atom is -0.398 e. The number of hydrogen-bond donors (Lipinski definition) is 1. The first-order chi connectivity index (χ1) is 8.20. The highest BCUT2D eigenvalue weighted by molar-refractivity contribution is 6.30. The number of hydrogen-bond acceptors (Lipinski definition) is 2. The van der Waals surface area contributed by atoms with Gasteiger partial charge < -0.3 is 5.73 Å². The first-order valence-corrected chi connectivity index (χ1v) is 6.86. The van der Waals surface area contributed by atoms with Crippen LogP contribution in [0.25, 0.3) is 0 Å². The van der Waals surface area contributed by atoms with E-state index in [2.05, 4.69) is 17.9 Å². The molecule has 2 N–H and O–H groups in total. The summed E-state index contributed by atoms with van der Waals surface area (Å²) in [5, 5.41) is 0.718. The van der Waals surface area contributed by atoms with E-state index >= 15 is 0 Å². The lowest BCUT2D eigenvalue weighted by Crippen LogP contribution is -2.32. The molecular formula is C14H21ClN2. The summed E-state index contributed by atoms with van der Waals surface area (Å²) in [5.41, 5.74) is 8.02. The number of nitrogens with two attached hydrogens (primary N) is 1. The van der Waals surface area contributed by atoms with E-state index in [0.717, 1.165) is 29.8 Å². The average molecular weight is 253 g/mol. The average Bonchev–Trinajstić information content (AvgIpc) is 2.81. The molecule has 2 nitrogen and oxygen atoms in total. The van der Waals surface area contributed by atoms with Crippen LogP contribution in [-0.4, -0.2) is 17.5 Å². The molecule has 0 heterocycles. The van der Waals surface area contributed by atoms with Crippen LogP contribution in [0.5, 0.6) is 0 Å². The number of nitrogens with zero attached hydrogens (tertiary/aromatic N) is 1. The maximum absolute atomic E-state index is 6.01. The fraction of sp³-hybridized carbons (Fsp3) is 0.571. The van der Waals surface area contributed by atoms with Crippen molar-refractivity contribution >= 4 is 17.3 Å². The normalized spacial score (nSPS) is 16.9. The maximum atomic E-state index is 6.01. The van der Waals surface area contributed by atoms with Gasteiger partial charge in [-0.2, -0.15) is 0 Å². The van der Waals surface area contributed by atoms with Gasteiger partial charge in [0.25, 0.3) is 0 Å². The Morgan fingerprint density at radius 1 is 1.35 bits per heavy atom. The molecule has 1 fully saturated rings. The Morgan fingerprint density at radius 2 is 2.06 bits per heavy atom. The molecule has 1 aromatic rings. The first kappa shape index (κ1) is 12.7. The Morgan fingerprint density at radius 3 is 2.65 bits per heavy atom. The highest BCUT2D eigenvalue weighted by atomic mass is 35.5. The highest BCUT2D eigenvalue weighted by Gasteiger charge is 2.21. The molecule has 2 rings (SSSR count). The van der Waals surface area contributed by atoms with Crippen molar-refractivity contribution in [3.63, 3.8) is 0 Å². The van der Waals surface area contributed by atoms with Crippen molar-refractivity contribution in [1.82, 2.24) is 4.90 Å². The van der Waals surface area contributed by atoms with Crippen molar-refractivity contribution in [2.75, 3.05) is 12.3 Å². The molecule has 3 heteroatoms. The van der Waals surface area contributed by atoms with Crippen LogP contribution in [0, 0.1) is 0 Å². The zero-order valence-corrected chi connectivity index (χ0v) is 11.2. The second-order valence-corrected chi connectivity index (χ2v) is 5.28. The van der Waals surface area contributed by atoms with Gasteiger partial charge in [-0.3, -0.25) is 4.90 Å². The molecule has 0 amide bonds. The highest BCUT2D eigenvalue weighted by Crippen LogP contribution is 2.26. The minimum atomic E-state index is 0.718. The van der Waals surface area contributed by atoms with Crippen molar-refractivity contribution in [1.29, 1.82) is 0 Å². The smallest absolute Gasteiger partial charge is 0.0426 e. The van der Waals surface area contributed by atoms with Gasteiger partial charge in [0.1, 0.15) is 0 Å². The zero-order chi connectivity index (χ0) is 12.3. The molecule has 0 unspecified atom stereocenters. The monoisotopic (exact) mass is 252 g/mol. The van der Waals surface area contributed by atoms with Crippen LogP contribution in [0.4, 0.5) is 5.69 Å². The number of anilines is 1. The molecule has 1 aliphatic rings. The van der Waals surface area contributed by atoms with Crippen LogP contribution in [-0.2, 0) is 6.54 Å². The predicted octanol–water partition coefficient (Wildman–Crippen LogP) is 3.69. The van der Waals surface area contributed by atoms with E-state index in [1.54, 1.807) is 0 Å². The lowest BCUT2D eigenvalue weighted by Gasteiger charge is -2.27. The summed E-state index contributed by atoms with van der Waals surface area (Å²) in [7, 11) is 0. The molecule has 0 bridgehead atoms. The fourth-order valence-corrected chi connectivity index (χ4v) is 2.88. The molecule has 17 heavy (non-hydrogen) atoms. The van der Waals surface area contributed by atoms with Crippen molar-refractivity contribution in [3.05, 3.63) is 28.8 Å². The predicted molar refractivity (Wildman–Crippen MR) is 74.2 cm³/mol. The summed E-state index contributed by atoms with van der Waals surface area (Å²) < 4.78 is 0. The first-order valence-electron chi connectivity index (χ1n) is 6.48. The molecule has 0 radical (unpaired) electrons. The number of nitrogen functional groups attached to an aromatic ring is 1. The third-order valence-electron chi connectivity index (χ3n) is 3.73. The summed E-state index contributed by atoms with van der Waals surface area (Å²) in [5.74, 6) is 0. The molecule has 1 aliphatic carbocycles. The number of rotatable bonds is 4. The Hall–Kier alpha value is -0.730. The van der Waals surface area contributed by atoms with Gasteiger partial charge in [0.15, 0.2) is 0 Å². The van der Waals surface area contributed by atoms with Crippen molar-refractivity contribution in [2.45, 2.75) is 45.2 Å². The van der Waals surface area contributed by atoms with Gasteiger partial charge in [-0.1, -0.05) is 37.4 Å². The topological polar surface area (TPSA) is 29.3 Å². The number of benzene rings is 1. The molecule has 0 aromatic heterocycles. The second-order valence-electron chi connectivity index (χ2n) is 4.84. The van der Waals surface area contributed by atoms with Crippen LogP contribution >= 0.6 is 11.6 Å². The Kier molecular flexibility index (Phi) is 4.30. The molecule has 1 aromatic carbocycles. The van der Waals surface area contributed by atoms with Crippen molar-refractivity contribution in [2.24, 2.45) is 0 Å². The Bertz CT molecular complexity index is 372. The standard InChI is InChI=1S/C14H21ClN2/c1-2-17(13-5-3-4-6-13)10-11-7-8-12(15)9-14(11)16/h7-9,13H,2-6,10,16H2,1H3. The molecule has 0 saturated heterocycles. The van der Waals surface area contributed by atoms with Crippen LogP contribution in [0.1, 0.15) is 38.2 Å². The summed E-state index contributed by atoms with van der Waals surface area (Å²) in [6.45, 7) is 4.27. The van der Waals surface area contributed by atoms with E-state index in [9.17, 15) is 0 Å². The van der Waals surface area contributed by atoms with E-state index in [-0.39, 0.29) is 0 Å². The molecule has 94 valence electrons. The van der Waals surface area contributed by atoms with Crippen LogP contribution < -0.4 is 5.73 Å². The van der Waals surface area contributed by atoms with Gasteiger partial charge >= 0.3 is 0 Å². The summed E-state index contributed by atoms with van der Waals surface area (Å²) >= 11 is 5.92. The Balaban J connectivity index is 2.06. The molecule has 0 atom stereocenters. The largest absolute Gasteiger partial charge is 0.398 e. The van der Waals surface area contributed by atoms with E-state index in [1.807, 2.05) is 12.1 Å².